The monoisotopic (exact) mass is 871 g/mol. The van der Waals surface area contributed by atoms with E-state index in [0.717, 1.165) is 6.42 Å². The van der Waals surface area contributed by atoms with Crippen LogP contribution in [-0.4, -0.2) is 6.71 Å². The van der Waals surface area contributed by atoms with Gasteiger partial charge in [-0.05, 0) is 188 Å². The van der Waals surface area contributed by atoms with E-state index in [2.05, 4.69) is 198 Å². The van der Waals surface area contributed by atoms with Crippen molar-refractivity contribution < 1.29 is 0 Å². The highest BCUT2D eigenvalue weighted by molar-refractivity contribution is 7.26. The van der Waals surface area contributed by atoms with Gasteiger partial charge in [0, 0.05) is 48.6 Å². The van der Waals surface area contributed by atoms with E-state index in [1.54, 1.807) is 0 Å². The number of rotatable bonds is 2. The summed E-state index contributed by atoms with van der Waals surface area (Å²) in [5.41, 5.74) is 24.6. The molecule has 2 aliphatic heterocycles. The van der Waals surface area contributed by atoms with E-state index in [4.69, 9.17) is 0 Å². The first kappa shape index (κ1) is 41.6. The zero-order chi connectivity index (χ0) is 45.7. The average Bonchev–Trinajstić information content (AvgIpc) is 3.70. The van der Waals surface area contributed by atoms with Crippen LogP contribution >= 0.6 is 11.3 Å². The first-order valence-electron chi connectivity index (χ1n) is 24.7. The Kier molecular flexibility index (Phi) is 8.33. The second kappa shape index (κ2) is 13.0. The molecule has 12 rings (SSSR count). The van der Waals surface area contributed by atoms with Crippen LogP contribution in [0, 0.1) is 13.8 Å². The van der Waals surface area contributed by atoms with Gasteiger partial charge in [0.15, 0.2) is 0 Å². The molecule has 0 fully saturated rings. The second-order valence-electron chi connectivity index (χ2n) is 25.1. The van der Waals surface area contributed by atoms with Crippen LogP contribution in [-0.2, 0) is 32.5 Å². The molecule has 3 heterocycles. The lowest BCUT2D eigenvalue weighted by molar-refractivity contribution is 0.332. The molecule has 0 radical (unpaired) electrons. The van der Waals surface area contributed by atoms with E-state index >= 15 is 0 Å². The zero-order valence-electron chi connectivity index (χ0n) is 41.6. The molecule has 5 aliphatic rings. The predicted molar refractivity (Wildman–Crippen MR) is 284 cm³/mol. The van der Waals surface area contributed by atoms with Crippen LogP contribution in [0.5, 0.6) is 0 Å². The van der Waals surface area contributed by atoms with Gasteiger partial charge in [0.25, 0.3) is 6.71 Å². The molecule has 4 heteroatoms. The Morgan fingerprint density at radius 2 is 0.877 bits per heavy atom. The lowest BCUT2D eigenvalue weighted by atomic mass is 9.32. The molecule has 330 valence electrons. The quantitative estimate of drug-likeness (QED) is 0.160. The van der Waals surface area contributed by atoms with E-state index < -0.39 is 0 Å². The Morgan fingerprint density at radius 3 is 1.45 bits per heavy atom. The lowest BCUT2D eigenvalue weighted by Gasteiger charge is -2.48. The summed E-state index contributed by atoms with van der Waals surface area (Å²) in [4.78, 5) is 5.48. The van der Waals surface area contributed by atoms with Gasteiger partial charge in [0.1, 0.15) is 0 Å². The summed E-state index contributed by atoms with van der Waals surface area (Å²) in [7, 11) is 0. The minimum atomic E-state index is 0.0619. The van der Waals surface area contributed by atoms with Crippen LogP contribution < -0.4 is 26.2 Å². The molecule has 0 atom stereocenters. The van der Waals surface area contributed by atoms with E-state index in [-0.39, 0.29) is 39.2 Å². The highest BCUT2D eigenvalue weighted by atomic mass is 32.1. The first-order chi connectivity index (χ1) is 30.5. The Morgan fingerprint density at radius 1 is 0.431 bits per heavy atom. The fraction of sp³-hybridized carbons (Fsp3) is 0.410. The number of aryl methyl sites for hydroxylation is 2. The minimum absolute atomic E-state index is 0.0619. The van der Waals surface area contributed by atoms with Gasteiger partial charge in [-0.2, -0.15) is 0 Å². The molecule has 2 nitrogen and oxygen atoms in total. The number of anilines is 6. The number of hydrogen-bond acceptors (Lipinski definition) is 3. The number of hydrogen-bond donors (Lipinski definition) is 0. The van der Waals surface area contributed by atoms with Gasteiger partial charge in [-0.3, -0.25) is 0 Å². The molecule has 0 N–H and O–H groups in total. The molecule has 0 spiro atoms. The maximum atomic E-state index is 2.75. The average molecular weight is 871 g/mol. The summed E-state index contributed by atoms with van der Waals surface area (Å²) in [6.45, 7) is 34.7. The van der Waals surface area contributed by atoms with Crippen molar-refractivity contribution in [2.75, 3.05) is 9.80 Å². The van der Waals surface area contributed by atoms with Crippen molar-refractivity contribution in [1.29, 1.82) is 0 Å². The van der Waals surface area contributed by atoms with Crippen molar-refractivity contribution in [3.05, 3.63) is 136 Å². The van der Waals surface area contributed by atoms with Crippen molar-refractivity contribution in [2.24, 2.45) is 0 Å². The normalized spacial score (nSPS) is 20.8. The second-order valence-corrected chi connectivity index (χ2v) is 26.2. The molecule has 65 heavy (non-hydrogen) atoms. The highest BCUT2D eigenvalue weighted by Gasteiger charge is 2.50. The largest absolute Gasteiger partial charge is 0.311 e. The molecule has 0 saturated heterocycles. The molecular weight excluding hydrogens is 804 g/mol. The standard InChI is InChI=1S/C61H67BN2S/c1-35-26-50-55-51(27-35)64(47-31-41-38(28-36(47)2)56(3,4)22-24-58(41,7)8)49-33-43-40(60(11,12)34-61(43,13)14)30-45(49)62(55)44-29-39-42(59(9,10)25-23-57(39,5)6)32-48(44)63(50)46-19-17-21-53-54(46)37-18-15-16-20-52(37)65-53/h15-21,26-33H,22-25,34H2,1-14H3. The molecule has 6 aromatic carbocycles. The maximum Gasteiger partial charge on any atom is 0.252 e. The topological polar surface area (TPSA) is 6.48 Å². The van der Waals surface area contributed by atoms with Crippen LogP contribution in [0.3, 0.4) is 0 Å². The SMILES string of the molecule is Cc1cc2c3c(c1)N(c1cccc4sc5ccccc5c14)c1cc4c(cc1B3c1cc3c(cc1N2c1cc2c(cc1C)C(C)(C)CCC2(C)C)C(C)(C)CC3(C)C)C(C)(C)CCC4(C)C. The molecular formula is C61H67BN2S. The predicted octanol–water partition coefficient (Wildman–Crippen LogP) is 15.4. The zero-order valence-corrected chi connectivity index (χ0v) is 42.4. The molecule has 0 amide bonds. The van der Waals surface area contributed by atoms with Crippen LogP contribution in [0.1, 0.15) is 160 Å². The van der Waals surface area contributed by atoms with Gasteiger partial charge < -0.3 is 9.80 Å². The third kappa shape index (κ3) is 5.71. The number of benzene rings is 6. The summed E-state index contributed by atoms with van der Waals surface area (Å²) in [6.07, 6.45) is 5.91. The summed E-state index contributed by atoms with van der Waals surface area (Å²) >= 11 is 1.92. The Hall–Kier alpha value is -4.80. The highest BCUT2D eigenvalue weighted by Crippen LogP contribution is 2.56. The third-order valence-corrected chi connectivity index (χ3v) is 18.8. The fourth-order valence-electron chi connectivity index (χ4n) is 14.1. The molecule has 0 unspecified atom stereocenters. The van der Waals surface area contributed by atoms with Crippen LogP contribution in [0.4, 0.5) is 34.1 Å². The van der Waals surface area contributed by atoms with Crippen molar-refractivity contribution in [3.8, 4) is 0 Å². The minimum Gasteiger partial charge on any atom is -0.311 e. The van der Waals surface area contributed by atoms with Crippen molar-refractivity contribution in [2.45, 2.75) is 162 Å². The van der Waals surface area contributed by atoms with Crippen molar-refractivity contribution in [1.82, 2.24) is 0 Å². The summed E-state index contributed by atoms with van der Waals surface area (Å²) in [6, 6.07) is 37.2. The van der Waals surface area contributed by atoms with Crippen LogP contribution in [0.2, 0.25) is 0 Å². The van der Waals surface area contributed by atoms with E-state index in [0.29, 0.717) is 0 Å². The fourth-order valence-corrected chi connectivity index (χ4v) is 15.2. The number of nitrogens with zero attached hydrogens (tertiary/aromatic N) is 2. The van der Waals surface area contributed by atoms with Gasteiger partial charge >= 0.3 is 0 Å². The summed E-state index contributed by atoms with van der Waals surface area (Å²) < 4.78 is 2.69. The Balaban J connectivity index is 1.24. The lowest BCUT2D eigenvalue weighted by Crippen LogP contribution is -2.62. The smallest absolute Gasteiger partial charge is 0.252 e. The molecule has 0 saturated carbocycles. The van der Waals surface area contributed by atoms with Crippen molar-refractivity contribution in [3.63, 3.8) is 0 Å². The van der Waals surface area contributed by atoms with Crippen molar-refractivity contribution >= 4 is 88.7 Å². The van der Waals surface area contributed by atoms with Gasteiger partial charge in [0.05, 0.1) is 5.69 Å². The third-order valence-electron chi connectivity index (χ3n) is 17.7. The van der Waals surface area contributed by atoms with E-state index in [9.17, 15) is 0 Å². The molecule has 1 aromatic heterocycles. The number of fused-ring (bicyclic) bond motifs is 10. The molecule has 3 aliphatic carbocycles. The molecule has 0 bridgehead atoms. The van der Waals surface area contributed by atoms with Gasteiger partial charge in [-0.25, -0.2) is 0 Å². The summed E-state index contributed by atoms with van der Waals surface area (Å²) in [5.74, 6) is 0. The molecule has 7 aromatic rings. The first-order valence-corrected chi connectivity index (χ1v) is 25.5. The Bertz CT molecular complexity index is 3240. The summed E-state index contributed by atoms with van der Waals surface area (Å²) in [5, 5.41) is 2.70. The van der Waals surface area contributed by atoms with E-state index in [1.807, 2.05) is 11.3 Å². The van der Waals surface area contributed by atoms with Gasteiger partial charge in [-0.1, -0.05) is 126 Å². The van der Waals surface area contributed by atoms with Gasteiger partial charge in [-0.15, -0.1) is 11.3 Å². The Labute approximate surface area is 393 Å². The van der Waals surface area contributed by atoms with Crippen LogP contribution in [0.25, 0.3) is 20.2 Å². The van der Waals surface area contributed by atoms with Crippen LogP contribution in [0.15, 0.2) is 91.0 Å². The number of thiophene rings is 1. The van der Waals surface area contributed by atoms with E-state index in [1.165, 1.54) is 141 Å². The maximum absolute atomic E-state index is 2.75. The van der Waals surface area contributed by atoms with Gasteiger partial charge in [0.2, 0.25) is 0 Å².